The highest BCUT2D eigenvalue weighted by Gasteiger charge is 2.46. The molecule has 0 saturated heterocycles. The van der Waals surface area contributed by atoms with E-state index >= 15 is 0 Å². The zero-order chi connectivity index (χ0) is 9.47. The fraction of sp³-hybridized carbons (Fsp3) is 0.455. The van der Waals surface area contributed by atoms with Gasteiger partial charge in [0.05, 0.1) is 0 Å². The summed E-state index contributed by atoms with van der Waals surface area (Å²) in [6.45, 7) is 2.20. The molecule has 0 aromatic heterocycles. The molecule has 0 amide bonds. The van der Waals surface area contributed by atoms with Gasteiger partial charge in [0.25, 0.3) is 0 Å². The molecule has 1 saturated carbocycles. The Hall–Kier alpha value is -0.530. The zero-order valence-corrected chi connectivity index (χ0v) is 8.51. The molecule has 70 valence electrons. The Morgan fingerprint density at radius 2 is 2.00 bits per heavy atom. The van der Waals surface area contributed by atoms with Crippen LogP contribution in [0.1, 0.15) is 18.9 Å². The van der Waals surface area contributed by atoms with E-state index in [0.717, 1.165) is 17.9 Å². The number of benzene rings is 1. The Labute approximate surface area is 83.9 Å². The molecule has 2 N–H and O–H groups in total. The minimum Gasteiger partial charge on any atom is -0.325 e. The second-order valence-electron chi connectivity index (χ2n) is 4.14. The number of halogens is 1. The Bertz CT molecular complexity index is 306. The Morgan fingerprint density at radius 1 is 1.46 bits per heavy atom. The molecule has 0 aliphatic heterocycles. The third-order valence-electron chi connectivity index (χ3n) is 2.95. The maximum absolute atomic E-state index is 6.13. The van der Waals surface area contributed by atoms with Crippen LogP contribution in [0.25, 0.3) is 0 Å². The normalized spacial score (nSPS) is 31.8. The Morgan fingerprint density at radius 3 is 2.46 bits per heavy atom. The monoisotopic (exact) mass is 195 g/mol. The smallest absolute Gasteiger partial charge is 0.0406 e. The molecule has 2 atom stereocenters. The third-order valence-corrected chi connectivity index (χ3v) is 3.21. The SMILES string of the molecule is CC1CC1(N)Cc1ccc(Cl)cc1. The van der Waals surface area contributed by atoms with Crippen LogP contribution in [-0.2, 0) is 6.42 Å². The zero-order valence-electron chi connectivity index (χ0n) is 7.76. The molecule has 0 bridgehead atoms. The summed E-state index contributed by atoms with van der Waals surface area (Å²) in [6.07, 6.45) is 2.13. The first-order valence-electron chi connectivity index (χ1n) is 4.63. The molecule has 1 nitrogen and oxygen atoms in total. The maximum atomic E-state index is 6.13. The first kappa shape index (κ1) is 9.04. The van der Waals surface area contributed by atoms with Crippen LogP contribution >= 0.6 is 11.6 Å². The number of rotatable bonds is 2. The average molecular weight is 196 g/mol. The standard InChI is InChI=1S/C11H14ClN/c1-8-6-11(8,13)7-9-2-4-10(12)5-3-9/h2-5,8H,6-7,13H2,1H3. The van der Waals surface area contributed by atoms with E-state index in [2.05, 4.69) is 19.1 Å². The van der Waals surface area contributed by atoms with Gasteiger partial charge < -0.3 is 5.73 Å². The van der Waals surface area contributed by atoms with Crippen LogP contribution in [0.2, 0.25) is 5.02 Å². The van der Waals surface area contributed by atoms with E-state index in [1.54, 1.807) is 0 Å². The van der Waals surface area contributed by atoms with E-state index in [1.807, 2.05) is 12.1 Å². The summed E-state index contributed by atoms with van der Waals surface area (Å²) in [5, 5.41) is 0.790. The molecule has 1 aliphatic rings. The summed E-state index contributed by atoms with van der Waals surface area (Å²) >= 11 is 5.80. The van der Waals surface area contributed by atoms with Gasteiger partial charge in [-0.05, 0) is 36.5 Å². The Balaban J connectivity index is 2.07. The summed E-state index contributed by atoms with van der Waals surface area (Å²) in [5.41, 5.74) is 7.48. The molecule has 1 aliphatic carbocycles. The summed E-state index contributed by atoms with van der Waals surface area (Å²) in [5.74, 6) is 0.670. The molecule has 13 heavy (non-hydrogen) atoms. The second kappa shape index (κ2) is 3.00. The molecule has 2 heteroatoms. The van der Waals surface area contributed by atoms with Gasteiger partial charge in [-0.3, -0.25) is 0 Å². The van der Waals surface area contributed by atoms with Crippen LogP contribution in [-0.4, -0.2) is 5.54 Å². The lowest BCUT2D eigenvalue weighted by atomic mass is 10.0. The van der Waals surface area contributed by atoms with E-state index in [9.17, 15) is 0 Å². The van der Waals surface area contributed by atoms with Crippen LogP contribution in [0.5, 0.6) is 0 Å². The molecule has 0 heterocycles. The molecule has 0 radical (unpaired) electrons. The summed E-state index contributed by atoms with van der Waals surface area (Å²) < 4.78 is 0. The van der Waals surface area contributed by atoms with Gasteiger partial charge in [0.1, 0.15) is 0 Å². The van der Waals surface area contributed by atoms with Crippen molar-refractivity contribution in [2.75, 3.05) is 0 Å². The number of hydrogen-bond donors (Lipinski definition) is 1. The minimum atomic E-state index is 0.0633. The van der Waals surface area contributed by atoms with Gasteiger partial charge >= 0.3 is 0 Å². The fourth-order valence-corrected chi connectivity index (χ4v) is 1.87. The average Bonchev–Trinajstić information content (AvgIpc) is 2.65. The van der Waals surface area contributed by atoms with Gasteiger partial charge in [-0.1, -0.05) is 30.7 Å². The van der Waals surface area contributed by atoms with Gasteiger partial charge in [-0.15, -0.1) is 0 Å². The van der Waals surface area contributed by atoms with Crippen molar-refractivity contribution in [2.24, 2.45) is 11.7 Å². The van der Waals surface area contributed by atoms with Crippen molar-refractivity contribution < 1.29 is 0 Å². The molecule has 2 unspecified atom stereocenters. The van der Waals surface area contributed by atoms with Gasteiger partial charge in [0, 0.05) is 10.6 Å². The van der Waals surface area contributed by atoms with Crippen LogP contribution in [0.3, 0.4) is 0 Å². The molecular formula is C11H14ClN. The lowest BCUT2D eigenvalue weighted by molar-refractivity contribution is 0.615. The van der Waals surface area contributed by atoms with Crippen LogP contribution in [0.4, 0.5) is 0 Å². The van der Waals surface area contributed by atoms with Gasteiger partial charge in [-0.25, -0.2) is 0 Å². The lowest BCUT2D eigenvalue weighted by Crippen LogP contribution is -2.27. The van der Waals surface area contributed by atoms with Crippen molar-refractivity contribution in [3.8, 4) is 0 Å². The van der Waals surface area contributed by atoms with E-state index < -0.39 is 0 Å². The largest absolute Gasteiger partial charge is 0.325 e. The quantitative estimate of drug-likeness (QED) is 0.772. The minimum absolute atomic E-state index is 0.0633. The molecular weight excluding hydrogens is 182 g/mol. The van der Waals surface area contributed by atoms with Crippen LogP contribution < -0.4 is 5.73 Å². The van der Waals surface area contributed by atoms with Crippen molar-refractivity contribution in [3.05, 3.63) is 34.9 Å². The molecule has 1 aromatic rings. The summed E-state index contributed by atoms with van der Waals surface area (Å²) in [4.78, 5) is 0. The first-order chi connectivity index (χ1) is 6.10. The molecule has 1 aromatic carbocycles. The van der Waals surface area contributed by atoms with Crippen LogP contribution in [0, 0.1) is 5.92 Å². The van der Waals surface area contributed by atoms with Gasteiger partial charge in [0.2, 0.25) is 0 Å². The van der Waals surface area contributed by atoms with Gasteiger partial charge in [-0.2, -0.15) is 0 Å². The van der Waals surface area contributed by atoms with E-state index in [0.29, 0.717) is 5.92 Å². The fourth-order valence-electron chi connectivity index (χ4n) is 1.74. The highest BCUT2D eigenvalue weighted by atomic mass is 35.5. The van der Waals surface area contributed by atoms with Gasteiger partial charge in [0.15, 0.2) is 0 Å². The topological polar surface area (TPSA) is 26.0 Å². The van der Waals surface area contributed by atoms with Crippen LogP contribution in [0.15, 0.2) is 24.3 Å². The lowest BCUT2D eigenvalue weighted by Gasteiger charge is -2.09. The van der Waals surface area contributed by atoms with Crippen molar-refractivity contribution in [3.63, 3.8) is 0 Å². The number of hydrogen-bond acceptors (Lipinski definition) is 1. The Kier molecular flexibility index (Phi) is 2.09. The van der Waals surface area contributed by atoms with Crippen molar-refractivity contribution >= 4 is 11.6 Å². The number of nitrogens with two attached hydrogens (primary N) is 1. The van der Waals surface area contributed by atoms with E-state index in [4.69, 9.17) is 17.3 Å². The third kappa shape index (κ3) is 1.87. The molecule has 2 rings (SSSR count). The maximum Gasteiger partial charge on any atom is 0.0406 e. The second-order valence-corrected chi connectivity index (χ2v) is 4.58. The first-order valence-corrected chi connectivity index (χ1v) is 5.01. The predicted octanol–water partition coefficient (Wildman–Crippen LogP) is 2.62. The summed E-state index contributed by atoms with van der Waals surface area (Å²) in [6, 6.07) is 7.96. The van der Waals surface area contributed by atoms with E-state index in [-0.39, 0.29) is 5.54 Å². The molecule has 1 fully saturated rings. The van der Waals surface area contributed by atoms with Crippen molar-refractivity contribution in [1.82, 2.24) is 0 Å². The predicted molar refractivity (Wildman–Crippen MR) is 55.9 cm³/mol. The van der Waals surface area contributed by atoms with Crippen molar-refractivity contribution in [1.29, 1.82) is 0 Å². The summed E-state index contributed by atoms with van der Waals surface area (Å²) in [7, 11) is 0. The highest BCUT2D eigenvalue weighted by molar-refractivity contribution is 6.30. The molecule has 0 spiro atoms. The van der Waals surface area contributed by atoms with Crippen molar-refractivity contribution in [2.45, 2.75) is 25.3 Å². The highest BCUT2D eigenvalue weighted by Crippen LogP contribution is 2.42. The van der Waals surface area contributed by atoms with E-state index in [1.165, 1.54) is 5.56 Å².